The summed E-state index contributed by atoms with van der Waals surface area (Å²) in [6.07, 6.45) is 4.84. The summed E-state index contributed by atoms with van der Waals surface area (Å²) in [7, 11) is 0. The van der Waals surface area contributed by atoms with Gasteiger partial charge >= 0.3 is 0 Å². The summed E-state index contributed by atoms with van der Waals surface area (Å²) in [5.41, 5.74) is 3.41. The zero-order chi connectivity index (χ0) is 20.6. The molecule has 0 radical (unpaired) electrons. The molecule has 0 amide bonds. The third-order valence-electron chi connectivity index (χ3n) is 4.99. The predicted molar refractivity (Wildman–Crippen MR) is 118 cm³/mol. The molecular weight excluding hydrogens is 372 g/mol. The maximum absolute atomic E-state index is 12.7. The van der Waals surface area contributed by atoms with Crippen molar-refractivity contribution in [3.05, 3.63) is 102 Å². The molecule has 30 heavy (non-hydrogen) atoms. The Hall–Kier alpha value is -3.44. The van der Waals surface area contributed by atoms with E-state index in [2.05, 4.69) is 19.9 Å². The first-order chi connectivity index (χ1) is 14.8. The average Bonchev–Trinajstić information content (AvgIpc) is 2.80. The van der Waals surface area contributed by atoms with Gasteiger partial charge in [-0.1, -0.05) is 36.4 Å². The van der Waals surface area contributed by atoms with Crippen LogP contribution in [0.1, 0.15) is 34.7 Å². The fraction of sp³-hybridized carbons (Fsp3) is 0.200. The number of hydrogen-bond donors (Lipinski definition) is 0. The minimum atomic E-state index is 0.0800. The molecule has 0 fully saturated rings. The van der Waals surface area contributed by atoms with E-state index < -0.39 is 0 Å². The molecule has 3 heterocycles. The second-order valence-corrected chi connectivity index (χ2v) is 7.27. The third-order valence-corrected chi connectivity index (χ3v) is 4.99. The lowest BCUT2D eigenvalue weighted by molar-refractivity contribution is 0.0969. The molecule has 3 aromatic heterocycles. The second-order valence-electron chi connectivity index (χ2n) is 7.27. The highest BCUT2D eigenvalue weighted by atomic mass is 16.1. The monoisotopic (exact) mass is 396 g/mol. The Balaban J connectivity index is 1.38. The number of rotatable bonds is 9. The summed E-state index contributed by atoms with van der Waals surface area (Å²) in [5.74, 6) is 0.0800. The third kappa shape index (κ3) is 5.33. The molecule has 0 saturated carbocycles. The molecule has 4 aromatic rings. The smallest absolute Gasteiger partial charge is 0.181 e. The number of pyridine rings is 3. The van der Waals surface area contributed by atoms with Crippen LogP contribution in [0.2, 0.25) is 0 Å². The van der Waals surface area contributed by atoms with Gasteiger partial charge in [-0.2, -0.15) is 0 Å². The van der Waals surface area contributed by atoms with Gasteiger partial charge in [0, 0.05) is 37.3 Å². The number of Topliss-reactive ketones (excluding diaryl/α,β-unsaturated/α-hetero) is 1. The summed E-state index contributed by atoms with van der Waals surface area (Å²) in [6, 6.07) is 23.5. The standard InChI is InChI=1S/C25H24N4O/c30-25(24-14-13-20-8-1-2-11-23(20)28-24)12-7-17-29(18-21-9-3-5-15-26-21)19-22-10-4-6-16-27-22/h1-6,8-11,13-16H,7,12,17-19H2. The van der Waals surface area contributed by atoms with Gasteiger partial charge in [-0.05, 0) is 49.4 Å². The van der Waals surface area contributed by atoms with Crippen LogP contribution < -0.4 is 0 Å². The largest absolute Gasteiger partial charge is 0.292 e. The molecular formula is C25H24N4O. The Bertz CT molecular complexity index is 1060. The molecule has 0 unspecified atom stereocenters. The summed E-state index contributed by atoms with van der Waals surface area (Å²) < 4.78 is 0. The Labute approximate surface area is 176 Å². The molecule has 0 aliphatic heterocycles. The highest BCUT2D eigenvalue weighted by Crippen LogP contribution is 2.14. The van der Waals surface area contributed by atoms with E-state index in [0.717, 1.165) is 48.3 Å². The molecule has 0 saturated heterocycles. The number of benzene rings is 1. The van der Waals surface area contributed by atoms with E-state index in [1.54, 1.807) is 0 Å². The van der Waals surface area contributed by atoms with Crippen molar-refractivity contribution in [1.29, 1.82) is 0 Å². The van der Waals surface area contributed by atoms with Crippen LogP contribution >= 0.6 is 0 Å². The summed E-state index contributed by atoms with van der Waals surface area (Å²) >= 11 is 0. The SMILES string of the molecule is O=C(CCCN(Cc1ccccn1)Cc1ccccn1)c1ccc2ccccc2n1. The summed E-state index contributed by atoms with van der Waals surface area (Å²) in [6.45, 7) is 2.23. The van der Waals surface area contributed by atoms with Crippen molar-refractivity contribution in [1.82, 2.24) is 19.9 Å². The van der Waals surface area contributed by atoms with Gasteiger partial charge in [0.25, 0.3) is 0 Å². The van der Waals surface area contributed by atoms with E-state index in [0.29, 0.717) is 12.1 Å². The molecule has 0 spiro atoms. The number of carbonyl (C=O) groups excluding carboxylic acids is 1. The average molecular weight is 396 g/mol. The van der Waals surface area contributed by atoms with Crippen LogP contribution in [-0.4, -0.2) is 32.2 Å². The number of ketones is 1. The lowest BCUT2D eigenvalue weighted by Gasteiger charge is -2.21. The van der Waals surface area contributed by atoms with Crippen molar-refractivity contribution in [3.8, 4) is 0 Å². The molecule has 0 bridgehead atoms. The van der Waals surface area contributed by atoms with Gasteiger partial charge in [-0.15, -0.1) is 0 Å². The van der Waals surface area contributed by atoms with E-state index in [-0.39, 0.29) is 5.78 Å². The predicted octanol–water partition coefficient (Wildman–Crippen LogP) is 4.69. The van der Waals surface area contributed by atoms with Crippen LogP contribution in [0.4, 0.5) is 0 Å². The highest BCUT2D eigenvalue weighted by Gasteiger charge is 2.12. The fourth-order valence-corrected chi connectivity index (χ4v) is 3.47. The van der Waals surface area contributed by atoms with Crippen molar-refractivity contribution in [2.45, 2.75) is 25.9 Å². The van der Waals surface area contributed by atoms with Crippen molar-refractivity contribution in [2.75, 3.05) is 6.54 Å². The van der Waals surface area contributed by atoms with Gasteiger partial charge in [0.2, 0.25) is 0 Å². The lowest BCUT2D eigenvalue weighted by Crippen LogP contribution is -2.25. The minimum Gasteiger partial charge on any atom is -0.292 e. The minimum absolute atomic E-state index is 0.0800. The molecule has 5 heteroatoms. The number of aromatic nitrogens is 3. The number of para-hydroxylation sites is 1. The molecule has 0 atom stereocenters. The van der Waals surface area contributed by atoms with Gasteiger partial charge in [-0.3, -0.25) is 19.7 Å². The molecule has 1 aromatic carbocycles. The number of carbonyl (C=O) groups is 1. The van der Waals surface area contributed by atoms with Crippen LogP contribution in [0, 0.1) is 0 Å². The Kier molecular flexibility index (Phi) is 6.52. The Morgan fingerprint density at radius 3 is 2.10 bits per heavy atom. The van der Waals surface area contributed by atoms with E-state index in [1.807, 2.05) is 85.2 Å². The Morgan fingerprint density at radius 2 is 1.43 bits per heavy atom. The quantitative estimate of drug-likeness (QED) is 0.384. The second kappa shape index (κ2) is 9.85. The Morgan fingerprint density at radius 1 is 0.767 bits per heavy atom. The summed E-state index contributed by atoms with van der Waals surface area (Å²) in [4.78, 5) is 28.4. The van der Waals surface area contributed by atoms with Crippen LogP contribution in [0.3, 0.4) is 0 Å². The van der Waals surface area contributed by atoms with Crippen LogP contribution in [0.5, 0.6) is 0 Å². The molecule has 150 valence electrons. The fourth-order valence-electron chi connectivity index (χ4n) is 3.47. The van der Waals surface area contributed by atoms with Crippen molar-refractivity contribution < 1.29 is 4.79 Å². The van der Waals surface area contributed by atoms with Gasteiger partial charge < -0.3 is 0 Å². The van der Waals surface area contributed by atoms with Crippen molar-refractivity contribution in [2.24, 2.45) is 0 Å². The first kappa shape index (κ1) is 19.9. The molecule has 4 rings (SSSR count). The van der Waals surface area contributed by atoms with Crippen molar-refractivity contribution in [3.63, 3.8) is 0 Å². The zero-order valence-electron chi connectivity index (χ0n) is 16.8. The van der Waals surface area contributed by atoms with Crippen LogP contribution in [0.15, 0.2) is 85.2 Å². The number of hydrogen-bond acceptors (Lipinski definition) is 5. The molecule has 0 aliphatic rings. The maximum Gasteiger partial charge on any atom is 0.181 e. The molecule has 0 aliphatic carbocycles. The van der Waals surface area contributed by atoms with Crippen molar-refractivity contribution >= 4 is 16.7 Å². The first-order valence-electron chi connectivity index (χ1n) is 10.2. The lowest BCUT2D eigenvalue weighted by atomic mass is 10.1. The number of nitrogens with zero attached hydrogens (tertiary/aromatic N) is 4. The zero-order valence-corrected chi connectivity index (χ0v) is 16.8. The van der Waals surface area contributed by atoms with E-state index in [9.17, 15) is 4.79 Å². The maximum atomic E-state index is 12.7. The van der Waals surface area contributed by atoms with E-state index >= 15 is 0 Å². The van der Waals surface area contributed by atoms with E-state index in [1.165, 1.54) is 0 Å². The van der Waals surface area contributed by atoms with Gasteiger partial charge in [0.15, 0.2) is 5.78 Å². The highest BCUT2D eigenvalue weighted by molar-refractivity contribution is 5.96. The topological polar surface area (TPSA) is 59.0 Å². The molecule has 5 nitrogen and oxygen atoms in total. The normalized spacial score (nSPS) is 11.1. The van der Waals surface area contributed by atoms with Crippen LogP contribution in [0.25, 0.3) is 10.9 Å². The van der Waals surface area contributed by atoms with Gasteiger partial charge in [-0.25, -0.2) is 4.98 Å². The first-order valence-corrected chi connectivity index (χ1v) is 10.2. The van der Waals surface area contributed by atoms with Gasteiger partial charge in [0.1, 0.15) is 5.69 Å². The van der Waals surface area contributed by atoms with Gasteiger partial charge in [0.05, 0.1) is 16.9 Å². The summed E-state index contributed by atoms with van der Waals surface area (Å²) in [5, 5.41) is 1.05. The molecule has 0 N–H and O–H groups in total. The van der Waals surface area contributed by atoms with E-state index in [4.69, 9.17) is 0 Å². The van der Waals surface area contributed by atoms with Crippen LogP contribution in [-0.2, 0) is 13.1 Å². The number of fused-ring (bicyclic) bond motifs is 1.